The van der Waals surface area contributed by atoms with E-state index < -0.39 is 0 Å². The molecule has 0 atom stereocenters. The highest BCUT2D eigenvalue weighted by molar-refractivity contribution is 6.00. The molecule has 0 aromatic rings. The van der Waals surface area contributed by atoms with Gasteiger partial charge in [0.15, 0.2) is 0 Å². The van der Waals surface area contributed by atoms with E-state index in [0.29, 0.717) is 13.0 Å². The van der Waals surface area contributed by atoms with Crippen molar-refractivity contribution in [3.63, 3.8) is 0 Å². The number of ketones is 1. The Bertz CT molecular complexity index is 233. The lowest BCUT2D eigenvalue weighted by Gasteiger charge is -2.25. The van der Waals surface area contributed by atoms with Gasteiger partial charge in [-0.3, -0.25) is 9.59 Å². The Morgan fingerprint density at radius 3 is 2.85 bits per heavy atom. The number of amides is 1. The number of rotatable bonds is 3. The SMILES string of the molecule is C/C=C/CCN1CCC(=O)CC1=O. The standard InChI is InChI=1S/C10H15NO2/c1-2-3-4-6-11-7-5-9(12)8-10(11)13/h2-3H,4-8H2,1H3/b3-2+. The van der Waals surface area contributed by atoms with Crippen molar-refractivity contribution in [3.05, 3.63) is 12.2 Å². The summed E-state index contributed by atoms with van der Waals surface area (Å²) in [5.74, 6) is 0.0630. The second-order valence-corrected chi connectivity index (χ2v) is 3.20. The average molecular weight is 181 g/mol. The maximum atomic E-state index is 11.3. The fourth-order valence-corrected chi connectivity index (χ4v) is 1.39. The molecule has 1 rings (SSSR count). The Labute approximate surface area is 78.4 Å². The molecule has 1 amide bonds. The number of carbonyl (C=O) groups is 2. The smallest absolute Gasteiger partial charge is 0.230 e. The predicted molar refractivity (Wildman–Crippen MR) is 50.3 cm³/mol. The highest BCUT2D eigenvalue weighted by Crippen LogP contribution is 2.07. The zero-order valence-electron chi connectivity index (χ0n) is 7.95. The zero-order valence-corrected chi connectivity index (χ0v) is 7.95. The second kappa shape index (κ2) is 4.80. The van der Waals surface area contributed by atoms with Crippen molar-refractivity contribution < 1.29 is 9.59 Å². The Kier molecular flexibility index (Phi) is 3.68. The molecule has 1 fully saturated rings. The van der Waals surface area contributed by atoms with Gasteiger partial charge in [-0.25, -0.2) is 0 Å². The Morgan fingerprint density at radius 1 is 1.46 bits per heavy atom. The molecule has 0 unspecified atom stereocenters. The maximum Gasteiger partial charge on any atom is 0.230 e. The van der Waals surface area contributed by atoms with E-state index in [1.165, 1.54) is 0 Å². The van der Waals surface area contributed by atoms with Crippen molar-refractivity contribution in [1.29, 1.82) is 0 Å². The van der Waals surface area contributed by atoms with Crippen LogP contribution in [-0.2, 0) is 9.59 Å². The van der Waals surface area contributed by atoms with Gasteiger partial charge in [0.25, 0.3) is 0 Å². The summed E-state index contributed by atoms with van der Waals surface area (Å²) in [6, 6.07) is 0. The van der Waals surface area contributed by atoms with E-state index in [1.807, 2.05) is 19.1 Å². The second-order valence-electron chi connectivity index (χ2n) is 3.20. The van der Waals surface area contributed by atoms with Crippen LogP contribution in [0.4, 0.5) is 0 Å². The molecule has 13 heavy (non-hydrogen) atoms. The summed E-state index contributed by atoms with van der Waals surface area (Å²) in [5, 5.41) is 0. The molecular weight excluding hydrogens is 166 g/mol. The van der Waals surface area contributed by atoms with Gasteiger partial charge in [-0.05, 0) is 13.3 Å². The maximum absolute atomic E-state index is 11.3. The Hall–Kier alpha value is -1.12. The van der Waals surface area contributed by atoms with Crippen LogP contribution in [0.5, 0.6) is 0 Å². The molecule has 1 aliphatic rings. The highest BCUT2D eigenvalue weighted by atomic mass is 16.2. The zero-order chi connectivity index (χ0) is 9.68. The van der Waals surface area contributed by atoms with Crippen molar-refractivity contribution in [2.45, 2.75) is 26.2 Å². The summed E-state index contributed by atoms with van der Waals surface area (Å²) >= 11 is 0. The van der Waals surface area contributed by atoms with E-state index in [4.69, 9.17) is 0 Å². The van der Waals surface area contributed by atoms with Gasteiger partial charge in [-0.1, -0.05) is 12.2 Å². The fourth-order valence-electron chi connectivity index (χ4n) is 1.39. The molecule has 3 heteroatoms. The monoisotopic (exact) mass is 181 g/mol. The summed E-state index contributed by atoms with van der Waals surface area (Å²) in [7, 11) is 0. The van der Waals surface area contributed by atoms with Gasteiger partial charge in [0.1, 0.15) is 5.78 Å². The minimum absolute atomic E-state index is 0.0132. The molecule has 0 radical (unpaired) electrons. The van der Waals surface area contributed by atoms with E-state index in [2.05, 4.69) is 0 Å². The lowest BCUT2D eigenvalue weighted by atomic mass is 10.1. The van der Waals surface area contributed by atoms with Crippen LogP contribution < -0.4 is 0 Å². The van der Waals surface area contributed by atoms with Crippen molar-refractivity contribution in [1.82, 2.24) is 4.90 Å². The average Bonchev–Trinajstić information content (AvgIpc) is 2.09. The van der Waals surface area contributed by atoms with Gasteiger partial charge in [0.2, 0.25) is 5.91 Å². The third-order valence-corrected chi connectivity index (χ3v) is 2.16. The lowest BCUT2D eigenvalue weighted by Crippen LogP contribution is -2.39. The Morgan fingerprint density at radius 2 is 2.23 bits per heavy atom. The van der Waals surface area contributed by atoms with Crippen molar-refractivity contribution >= 4 is 11.7 Å². The van der Waals surface area contributed by atoms with Crippen LogP contribution in [-0.4, -0.2) is 29.7 Å². The van der Waals surface area contributed by atoms with Crippen LogP contribution in [0.25, 0.3) is 0 Å². The van der Waals surface area contributed by atoms with Crippen molar-refractivity contribution in [3.8, 4) is 0 Å². The first-order valence-electron chi connectivity index (χ1n) is 4.64. The van der Waals surface area contributed by atoms with Gasteiger partial charge in [0, 0.05) is 19.5 Å². The summed E-state index contributed by atoms with van der Waals surface area (Å²) in [6.45, 7) is 3.31. The molecule has 0 saturated carbocycles. The largest absolute Gasteiger partial charge is 0.342 e. The number of piperidine rings is 1. The number of carbonyl (C=O) groups excluding carboxylic acids is 2. The number of nitrogens with zero attached hydrogens (tertiary/aromatic N) is 1. The molecule has 0 N–H and O–H groups in total. The quantitative estimate of drug-likeness (QED) is 0.483. The predicted octanol–water partition coefficient (Wildman–Crippen LogP) is 1.14. The van der Waals surface area contributed by atoms with Crippen LogP contribution in [0.2, 0.25) is 0 Å². The van der Waals surface area contributed by atoms with E-state index in [-0.39, 0.29) is 18.1 Å². The van der Waals surface area contributed by atoms with E-state index in [9.17, 15) is 9.59 Å². The molecule has 1 saturated heterocycles. The van der Waals surface area contributed by atoms with Gasteiger partial charge in [0.05, 0.1) is 6.42 Å². The number of allylic oxidation sites excluding steroid dienone is 1. The number of likely N-dealkylation sites (tertiary alicyclic amines) is 1. The number of hydrogen-bond acceptors (Lipinski definition) is 2. The molecule has 1 heterocycles. The molecule has 1 aliphatic heterocycles. The first-order chi connectivity index (χ1) is 6.24. The summed E-state index contributed by atoms with van der Waals surface area (Å²) in [5.41, 5.74) is 0. The van der Waals surface area contributed by atoms with Crippen molar-refractivity contribution in [2.24, 2.45) is 0 Å². The van der Waals surface area contributed by atoms with Crippen LogP contribution >= 0.6 is 0 Å². The van der Waals surface area contributed by atoms with Gasteiger partial charge < -0.3 is 4.90 Å². The number of hydrogen-bond donors (Lipinski definition) is 0. The third-order valence-electron chi connectivity index (χ3n) is 2.16. The highest BCUT2D eigenvalue weighted by Gasteiger charge is 2.22. The normalized spacial score (nSPS) is 18.7. The van der Waals surface area contributed by atoms with E-state index in [0.717, 1.165) is 13.0 Å². The van der Waals surface area contributed by atoms with Gasteiger partial charge in [-0.2, -0.15) is 0 Å². The van der Waals surface area contributed by atoms with Gasteiger partial charge in [-0.15, -0.1) is 0 Å². The molecule has 3 nitrogen and oxygen atoms in total. The minimum atomic E-state index is -0.0132. The van der Waals surface area contributed by atoms with Crippen molar-refractivity contribution in [2.75, 3.05) is 13.1 Å². The summed E-state index contributed by atoms with van der Waals surface area (Å²) in [4.78, 5) is 23.9. The minimum Gasteiger partial charge on any atom is -0.342 e. The van der Waals surface area contributed by atoms with Crippen LogP contribution in [0.3, 0.4) is 0 Å². The molecule has 0 aromatic carbocycles. The first-order valence-corrected chi connectivity index (χ1v) is 4.64. The molecule has 72 valence electrons. The topological polar surface area (TPSA) is 37.4 Å². The molecule has 0 bridgehead atoms. The lowest BCUT2D eigenvalue weighted by molar-refractivity contribution is -0.139. The fraction of sp³-hybridized carbons (Fsp3) is 0.600. The molecule has 0 aliphatic carbocycles. The van der Waals surface area contributed by atoms with Crippen LogP contribution in [0, 0.1) is 0 Å². The van der Waals surface area contributed by atoms with E-state index >= 15 is 0 Å². The van der Waals surface area contributed by atoms with E-state index in [1.54, 1.807) is 4.90 Å². The molecule has 0 aromatic heterocycles. The van der Waals surface area contributed by atoms with Gasteiger partial charge >= 0.3 is 0 Å². The van der Waals surface area contributed by atoms with Crippen LogP contribution in [0.15, 0.2) is 12.2 Å². The molecule has 0 spiro atoms. The first kappa shape index (κ1) is 9.96. The van der Waals surface area contributed by atoms with Crippen LogP contribution in [0.1, 0.15) is 26.2 Å². The summed E-state index contributed by atoms with van der Waals surface area (Å²) < 4.78 is 0. The molecular formula is C10H15NO2. The Balaban J connectivity index is 2.34. The summed E-state index contributed by atoms with van der Waals surface area (Å²) in [6.07, 6.45) is 5.52. The third kappa shape index (κ3) is 3.01. The number of Topliss-reactive ketones (excluding diaryl/α,β-unsaturated/α-hetero) is 1.